The number of nitrogens with zero attached hydrogens (tertiary/aromatic N) is 1. The Kier molecular flexibility index (Phi) is 3.65. The molecule has 0 aliphatic heterocycles. The van der Waals surface area contributed by atoms with Crippen LogP contribution >= 0.6 is 0 Å². The predicted octanol–water partition coefficient (Wildman–Crippen LogP) is 3.27. The van der Waals surface area contributed by atoms with Gasteiger partial charge in [0.1, 0.15) is 5.76 Å². The molecular formula is C13H20N2O. The van der Waals surface area contributed by atoms with E-state index >= 15 is 0 Å². The number of rotatable bonds is 3. The summed E-state index contributed by atoms with van der Waals surface area (Å²) in [4.78, 5) is 2.01. The molecule has 0 bridgehead atoms. The first-order valence-electron chi connectivity index (χ1n) is 6.09. The highest BCUT2D eigenvalue weighted by Gasteiger charge is 2.21. The van der Waals surface area contributed by atoms with Crippen LogP contribution in [0.5, 0.6) is 0 Å². The second-order valence-electron chi connectivity index (χ2n) is 4.66. The second-order valence-corrected chi connectivity index (χ2v) is 4.66. The molecule has 3 heteroatoms. The Hall–Kier alpha value is -1.25. The number of hydrogen-bond acceptors (Lipinski definition) is 2. The Morgan fingerprint density at radius 3 is 2.81 bits per heavy atom. The van der Waals surface area contributed by atoms with Crippen LogP contribution < -0.4 is 0 Å². The van der Waals surface area contributed by atoms with E-state index in [9.17, 15) is 0 Å². The molecule has 1 aromatic heterocycles. The summed E-state index contributed by atoms with van der Waals surface area (Å²) >= 11 is 0. The molecule has 1 N–H and O–H groups in total. The molecule has 0 atom stereocenters. The molecule has 1 heterocycles. The van der Waals surface area contributed by atoms with Gasteiger partial charge in [-0.3, -0.25) is 5.41 Å². The van der Waals surface area contributed by atoms with Gasteiger partial charge in [0.2, 0.25) is 0 Å². The third kappa shape index (κ3) is 2.65. The summed E-state index contributed by atoms with van der Waals surface area (Å²) in [5, 5.41) is 8.18. The number of nitrogens with one attached hydrogen (secondary N) is 1. The first kappa shape index (κ1) is 11.2. The fourth-order valence-corrected chi connectivity index (χ4v) is 2.41. The molecule has 0 aromatic carbocycles. The SMILES string of the molecule is CN(Cc1ccco1)C(=N)C1CCCCC1. The molecule has 0 saturated heterocycles. The summed E-state index contributed by atoms with van der Waals surface area (Å²) in [6, 6.07) is 3.86. The monoisotopic (exact) mass is 220 g/mol. The lowest BCUT2D eigenvalue weighted by molar-refractivity contribution is 0.358. The van der Waals surface area contributed by atoms with E-state index in [0.717, 1.165) is 11.6 Å². The minimum atomic E-state index is 0.466. The van der Waals surface area contributed by atoms with E-state index in [4.69, 9.17) is 9.83 Å². The van der Waals surface area contributed by atoms with Crippen molar-refractivity contribution in [2.45, 2.75) is 38.6 Å². The summed E-state index contributed by atoms with van der Waals surface area (Å²) in [6.45, 7) is 0.711. The first-order chi connectivity index (χ1) is 7.77. The zero-order chi connectivity index (χ0) is 11.4. The van der Waals surface area contributed by atoms with Gasteiger partial charge in [-0.1, -0.05) is 19.3 Å². The maximum atomic E-state index is 8.18. The average Bonchev–Trinajstić information content (AvgIpc) is 2.82. The summed E-state index contributed by atoms with van der Waals surface area (Å²) in [7, 11) is 1.99. The molecule has 1 saturated carbocycles. The lowest BCUT2D eigenvalue weighted by Gasteiger charge is -2.28. The van der Waals surface area contributed by atoms with E-state index in [2.05, 4.69) is 0 Å². The van der Waals surface area contributed by atoms with Crippen molar-refractivity contribution in [1.29, 1.82) is 5.41 Å². The highest BCUT2D eigenvalue weighted by atomic mass is 16.3. The maximum absolute atomic E-state index is 8.18. The van der Waals surface area contributed by atoms with E-state index in [1.165, 1.54) is 32.1 Å². The lowest BCUT2D eigenvalue weighted by Crippen LogP contribution is -2.32. The summed E-state index contributed by atoms with van der Waals surface area (Å²) in [5.41, 5.74) is 0. The highest BCUT2D eigenvalue weighted by molar-refractivity contribution is 5.81. The van der Waals surface area contributed by atoms with E-state index < -0.39 is 0 Å². The van der Waals surface area contributed by atoms with Crippen molar-refractivity contribution in [1.82, 2.24) is 4.90 Å². The Balaban J connectivity index is 1.88. The molecule has 1 aliphatic rings. The topological polar surface area (TPSA) is 40.2 Å². The predicted molar refractivity (Wildman–Crippen MR) is 64.5 cm³/mol. The fraction of sp³-hybridized carbons (Fsp3) is 0.615. The van der Waals surface area contributed by atoms with Crippen LogP contribution in [0.15, 0.2) is 22.8 Å². The van der Waals surface area contributed by atoms with Crippen LogP contribution in [0.25, 0.3) is 0 Å². The Morgan fingerprint density at radius 1 is 1.44 bits per heavy atom. The minimum Gasteiger partial charge on any atom is -0.467 e. The fourth-order valence-electron chi connectivity index (χ4n) is 2.41. The molecule has 1 aliphatic carbocycles. The zero-order valence-corrected chi connectivity index (χ0v) is 9.91. The molecule has 1 fully saturated rings. The Bertz CT molecular complexity index is 326. The van der Waals surface area contributed by atoms with Crippen LogP contribution in [0.3, 0.4) is 0 Å². The van der Waals surface area contributed by atoms with Gasteiger partial charge in [0.15, 0.2) is 0 Å². The van der Waals surface area contributed by atoms with Crippen LogP contribution in [0.2, 0.25) is 0 Å². The smallest absolute Gasteiger partial charge is 0.123 e. The first-order valence-corrected chi connectivity index (χ1v) is 6.09. The summed E-state index contributed by atoms with van der Waals surface area (Å²) in [5.74, 6) is 2.17. The molecular weight excluding hydrogens is 200 g/mol. The van der Waals surface area contributed by atoms with Gasteiger partial charge in [-0.2, -0.15) is 0 Å². The average molecular weight is 220 g/mol. The molecule has 0 amide bonds. The molecule has 88 valence electrons. The van der Waals surface area contributed by atoms with Crippen molar-refractivity contribution in [3.8, 4) is 0 Å². The third-order valence-electron chi connectivity index (χ3n) is 3.38. The van der Waals surface area contributed by atoms with Crippen molar-refractivity contribution in [2.24, 2.45) is 5.92 Å². The van der Waals surface area contributed by atoms with Crippen LogP contribution in [0.4, 0.5) is 0 Å². The third-order valence-corrected chi connectivity index (χ3v) is 3.38. The highest BCUT2D eigenvalue weighted by Crippen LogP contribution is 2.25. The quantitative estimate of drug-likeness (QED) is 0.627. The molecule has 2 rings (SSSR count). The molecule has 3 nitrogen and oxygen atoms in total. The van der Waals surface area contributed by atoms with Crippen LogP contribution in [-0.4, -0.2) is 17.8 Å². The van der Waals surface area contributed by atoms with E-state index in [0.29, 0.717) is 12.5 Å². The van der Waals surface area contributed by atoms with Gasteiger partial charge in [-0.15, -0.1) is 0 Å². The van der Waals surface area contributed by atoms with Crippen LogP contribution in [0, 0.1) is 11.3 Å². The van der Waals surface area contributed by atoms with Gasteiger partial charge < -0.3 is 9.32 Å². The Labute approximate surface area is 96.9 Å². The van der Waals surface area contributed by atoms with Crippen molar-refractivity contribution in [3.63, 3.8) is 0 Å². The number of amidine groups is 1. The van der Waals surface area contributed by atoms with Gasteiger partial charge in [0, 0.05) is 13.0 Å². The van der Waals surface area contributed by atoms with Crippen molar-refractivity contribution < 1.29 is 4.42 Å². The van der Waals surface area contributed by atoms with Crippen molar-refractivity contribution in [3.05, 3.63) is 24.2 Å². The van der Waals surface area contributed by atoms with Crippen molar-refractivity contribution >= 4 is 5.84 Å². The summed E-state index contributed by atoms with van der Waals surface area (Å²) < 4.78 is 5.30. The molecule has 0 spiro atoms. The number of hydrogen-bond donors (Lipinski definition) is 1. The van der Waals surface area contributed by atoms with Gasteiger partial charge in [-0.25, -0.2) is 0 Å². The van der Waals surface area contributed by atoms with Crippen LogP contribution in [-0.2, 0) is 6.54 Å². The van der Waals surface area contributed by atoms with Gasteiger partial charge in [0.25, 0.3) is 0 Å². The molecule has 16 heavy (non-hydrogen) atoms. The maximum Gasteiger partial charge on any atom is 0.123 e. The van der Waals surface area contributed by atoms with E-state index in [1.807, 2.05) is 24.1 Å². The molecule has 0 radical (unpaired) electrons. The second kappa shape index (κ2) is 5.19. The minimum absolute atomic E-state index is 0.466. The lowest BCUT2D eigenvalue weighted by atomic mass is 9.88. The Morgan fingerprint density at radius 2 is 2.19 bits per heavy atom. The molecule has 0 unspecified atom stereocenters. The van der Waals surface area contributed by atoms with Crippen LogP contribution in [0.1, 0.15) is 37.9 Å². The standard InChI is InChI=1S/C13H20N2O/c1-15(10-12-8-5-9-16-12)13(14)11-6-3-2-4-7-11/h5,8-9,11,14H,2-4,6-7,10H2,1H3. The van der Waals surface area contributed by atoms with Gasteiger partial charge >= 0.3 is 0 Å². The van der Waals surface area contributed by atoms with Crippen molar-refractivity contribution in [2.75, 3.05) is 7.05 Å². The van der Waals surface area contributed by atoms with E-state index in [1.54, 1.807) is 6.26 Å². The number of furan rings is 1. The zero-order valence-electron chi connectivity index (χ0n) is 9.91. The summed E-state index contributed by atoms with van der Waals surface area (Å²) in [6.07, 6.45) is 7.95. The van der Waals surface area contributed by atoms with Gasteiger partial charge in [0.05, 0.1) is 18.6 Å². The van der Waals surface area contributed by atoms with Gasteiger partial charge in [-0.05, 0) is 25.0 Å². The normalized spacial score (nSPS) is 17.3. The molecule has 1 aromatic rings. The largest absolute Gasteiger partial charge is 0.467 e. The van der Waals surface area contributed by atoms with E-state index in [-0.39, 0.29) is 0 Å².